The van der Waals surface area contributed by atoms with Gasteiger partial charge in [-0.2, -0.15) is 0 Å². The summed E-state index contributed by atoms with van der Waals surface area (Å²) in [4.78, 5) is 6.08. The van der Waals surface area contributed by atoms with Crippen LogP contribution in [0.25, 0.3) is 0 Å². The van der Waals surface area contributed by atoms with Crippen LogP contribution in [0.5, 0.6) is 0 Å². The van der Waals surface area contributed by atoms with Gasteiger partial charge in [-0.05, 0) is 29.8 Å². The number of nitrogens with zero attached hydrogens (tertiary/aromatic N) is 2. The highest BCUT2D eigenvalue weighted by atomic mass is 35.7. The Hall–Kier alpha value is -1.59. The molecule has 0 N–H and O–H groups in total. The lowest BCUT2D eigenvalue weighted by Crippen LogP contribution is -2.16. The average molecular weight is 297 g/mol. The van der Waals surface area contributed by atoms with Crippen molar-refractivity contribution in [3.05, 3.63) is 54.4 Å². The number of benzene rings is 1. The normalized spacial score (nSPS) is 11.3. The molecule has 0 unspecified atom stereocenters. The van der Waals surface area contributed by atoms with Crippen LogP contribution in [0.2, 0.25) is 0 Å². The number of hydrogen-bond donors (Lipinski definition) is 0. The van der Waals surface area contributed by atoms with E-state index < -0.39 is 9.05 Å². The topological polar surface area (TPSA) is 50.3 Å². The molecule has 0 saturated carbocycles. The Bertz CT molecular complexity index is 659. The third-order valence-electron chi connectivity index (χ3n) is 2.70. The monoisotopic (exact) mass is 296 g/mol. The maximum absolute atomic E-state index is 11.3. The van der Waals surface area contributed by atoms with E-state index in [0.29, 0.717) is 6.54 Å². The number of rotatable bonds is 4. The Morgan fingerprint density at radius 3 is 2.53 bits per heavy atom. The van der Waals surface area contributed by atoms with Gasteiger partial charge in [-0.15, -0.1) is 0 Å². The fourth-order valence-corrected chi connectivity index (χ4v) is 2.58. The first-order chi connectivity index (χ1) is 8.97. The van der Waals surface area contributed by atoms with Crippen LogP contribution in [0.4, 0.5) is 5.69 Å². The average Bonchev–Trinajstić information content (AvgIpc) is 2.39. The Morgan fingerprint density at radius 1 is 1.21 bits per heavy atom. The molecule has 1 aromatic heterocycles. The Morgan fingerprint density at radius 2 is 1.89 bits per heavy atom. The first-order valence-corrected chi connectivity index (χ1v) is 7.92. The lowest BCUT2D eigenvalue weighted by Gasteiger charge is -2.19. The molecule has 2 aromatic rings. The van der Waals surface area contributed by atoms with Gasteiger partial charge in [0.05, 0.1) is 4.90 Å². The predicted molar refractivity (Wildman–Crippen MR) is 75.8 cm³/mol. The van der Waals surface area contributed by atoms with Gasteiger partial charge in [-0.3, -0.25) is 4.98 Å². The zero-order valence-corrected chi connectivity index (χ0v) is 11.9. The molecule has 0 spiro atoms. The molecule has 0 saturated heterocycles. The minimum Gasteiger partial charge on any atom is -0.370 e. The molecular weight excluding hydrogens is 284 g/mol. The predicted octanol–water partition coefficient (Wildman–Crippen LogP) is 2.65. The molecule has 1 heterocycles. The van der Waals surface area contributed by atoms with Crippen LogP contribution >= 0.6 is 10.7 Å². The minimum atomic E-state index is -3.68. The molecule has 0 aliphatic rings. The van der Waals surface area contributed by atoms with Crippen molar-refractivity contribution < 1.29 is 8.42 Å². The van der Waals surface area contributed by atoms with Crippen molar-refractivity contribution in [2.75, 3.05) is 11.9 Å². The van der Waals surface area contributed by atoms with Gasteiger partial charge in [0.2, 0.25) is 0 Å². The van der Waals surface area contributed by atoms with Crippen molar-refractivity contribution in [1.82, 2.24) is 4.98 Å². The number of hydrogen-bond acceptors (Lipinski definition) is 4. The van der Waals surface area contributed by atoms with E-state index in [1.807, 2.05) is 30.1 Å². The second-order valence-corrected chi connectivity index (χ2v) is 6.71. The van der Waals surface area contributed by atoms with E-state index in [1.165, 1.54) is 6.07 Å². The standard InChI is InChI=1S/C13H13ClN2O2S/c1-16(12-5-7-15-8-6-12)10-11-3-2-4-13(9-11)19(14,17)18/h2-9H,10H2,1H3. The Kier molecular flexibility index (Phi) is 4.07. The van der Waals surface area contributed by atoms with E-state index >= 15 is 0 Å². The maximum atomic E-state index is 11.3. The Labute approximate surface area is 117 Å². The molecule has 4 nitrogen and oxygen atoms in total. The van der Waals surface area contributed by atoms with Gasteiger partial charge in [0.15, 0.2) is 0 Å². The molecule has 0 aliphatic carbocycles. The molecule has 6 heteroatoms. The summed E-state index contributed by atoms with van der Waals surface area (Å²) in [5, 5.41) is 0. The second-order valence-electron chi connectivity index (χ2n) is 4.15. The second kappa shape index (κ2) is 5.59. The summed E-state index contributed by atoms with van der Waals surface area (Å²) >= 11 is 0. The summed E-state index contributed by atoms with van der Waals surface area (Å²) < 4.78 is 22.6. The van der Waals surface area contributed by atoms with Crippen molar-refractivity contribution in [3.8, 4) is 0 Å². The van der Waals surface area contributed by atoms with Crippen molar-refractivity contribution >= 4 is 25.4 Å². The Balaban J connectivity index is 2.20. The van der Waals surface area contributed by atoms with E-state index in [1.54, 1.807) is 24.5 Å². The highest BCUT2D eigenvalue weighted by Crippen LogP contribution is 2.19. The first-order valence-electron chi connectivity index (χ1n) is 5.61. The molecular formula is C13H13ClN2O2S. The van der Waals surface area contributed by atoms with Crippen LogP contribution in [-0.4, -0.2) is 20.4 Å². The third-order valence-corrected chi connectivity index (χ3v) is 4.05. The summed E-state index contributed by atoms with van der Waals surface area (Å²) in [6.45, 7) is 0.588. The molecule has 0 aliphatic heterocycles. The van der Waals surface area contributed by atoms with Gasteiger partial charge in [0, 0.05) is 42.4 Å². The van der Waals surface area contributed by atoms with Crippen LogP contribution in [0.3, 0.4) is 0 Å². The lowest BCUT2D eigenvalue weighted by molar-refractivity contribution is 0.609. The van der Waals surface area contributed by atoms with E-state index in [-0.39, 0.29) is 4.90 Å². The fourth-order valence-electron chi connectivity index (χ4n) is 1.76. The summed E-state index contributed by atoms with van der Waals surface area (Å²) in [6.07, 6.45) is 3.43. The zero-order chi connectivity index (χ0) is 13.9. The highest BCUT2D eigenvalue weighted by Gasteiger charge is 2.10. The largest absolute Gasteiger partial charge is 0.370 e. The van der Waals surface area contributed by atoms with Crippen LogP contribution in [0.15, 0.2) is 53.7 Å². The molecule has 0 atom stereocenters. The van der Waals surface area contributed by atoms with E-state index in [0.717, 1.165) is 11.3 Å². The van der Waals surface area contributed by atoms with Crippen molar-refractivity contribution in [2.45, 2.75) is 11.4 Å². The van der Waals surface area contributed by atoms with Gasteiger partial charge >= 0.3 is 0 Å². The van der Waals surface area contributed by atoms with Gasteiger partial charge in [0.25, 0.3) is 9.05 Å². The molecule has 100 valence electrons. The minimum absolute atomic E-state index is 0.120. The van der Waals surface area contributed by atoms with Crippen LogP contribution in [-0.2, 0) is 15.6 Å². The van der Waals surface area contributed by atoms with Gasteiger partial charge in [0.1, 0.15) is 0 Å². The third kappa shape index (κ3) is 3.68. The summed E-state index contributed by atoms with van der Waals surface area (Å²) in [5.41, 5.74) is 1.88. The zero-order valence-electron chi connectivity index (χ0n) is 10.3. The highest BCUT2D eigenvalue weighted by molar-refractivity contribution is 8.13. The molecule has 1 aromatic carbocycles. The smallest absolute Gasteiger partial charge is 0.261 e. The van der Waals surface area contributed by atoms with Crippen molar-refractivity contribution in [1.29, 1.82) is 0 Å². The van der Waals surface area contributed by atoms with Crippen LogP contribution in [0, 0.1) is 0 Å². The van der Waals surface area contributed by atoms with Crippen LogP contribution < -0.4 is 4.90 Å². The molecule has 19 heavy (non-hydrogen) atoms. The van der Waals surface area contributed by atoms with Crippen molar-refractivity contribution in [3.63, 3.8) is 0 Å². The summed E-state index contributed by atoms with van der Waals surface area (Å²) in [7, 11) is 3.58. The number of aromatic nitrogens is 1. The SMILES string of the molecule is CN(Cc1cccc(S(=O)(=O)Cl)c1)c1ccncc1. The molecule has 0 radical (unpaired) electrons. The van der Waals surface area contributed by atoms with Gasteiger partial charge in [-0.1, -0.05) is 12.1 Å². The van der Waals surface area contributed by atoms with Crippen molar-refractivity contribution in [2.24, 2.45) is 0 Å². The van der Waals surface area contributed by atoms with Gasteiger partial charge < -0.3 is 4.90 Å². The fraction of sp³-hybridized carbons (Fsp3) is 0.154. The van der Waals surface area contributed by atoms with E-state index in [4.69, 9.17) is 10.7 Å². The summed E-state index contributed by atoms with van der Waals surface area (Å²) in [5.74, 6) is 0. The molecule has 0 amide bonds. The molecule has 0 bridgehead atoms. The van der Waals surface area contributed by atoms with Gasteiger partial charge in [-0.25, -0.2) is 8.42 Å². The van der Waals surface area contributed by atoms with E-state index in [2.05, 4.69) is 4.98 Å². The van der Waals surface area contributed by atoms with Crippen LogP contribution in [0.1, 0.15) is 5.56 Å². The first kappa shape index (κ1) is 13.8. The van der Waals surface area contributed by atoms with E-state index in [9.17, 15) is 8.42 Å². The molecule has 0 fully saturated rings. The molecule has 2 rings (SSSR count). The number of pyridine rings is 1. The number of halogens is 1. The summed E-state index contributed by atoms with van der Waals surface area (Å²) in [6, 6.07) is 10.4. The quantitative estimate of drug-likeness (QED) is 0.814. The maximum Gasteiger partial charge on any atom is 0.261 e. The number of anilines is 1. The lowest BCUT2D eigenvalue weighted by atomic mass is 10.2.